The van der Waals surface area contributed by atoms with Gasteiger partial charge >= 0.3 is 0 Å². The molecule has 1 aromatic rings. The number of amides is 1. The number of carbonyl (C=O) groups excluding carboxylic acids is 1. The molecule has 1 aliphatic rings. The van der Waals surface area contributed by atoms with Crippen LogP contribution in [-0.4, -0.2) is 56.2 Å². The number of likely N-dealkylation sites (N-methyl/N-ethyl adjacent to an activating group) is 1. The highest BCUT2D eigenvalue weighted by Gasteiger charge is 2.20. The lowest BCUT2D eigenvalue weighted by molar-refractivity contribution is -0.126. The van der Waals surface area contributed by atoms with Crippen LogP contribution in [0.3, 0.4) is 0 Å². The van der Waals surface area contributed by atoms with Crippen LogP contribution in [0, 0.1) is 0 Å². The number of rotatable bonds is 8. The van der Waals surface area contributed by atoms with E-state index in [1.807, 2.05) is 18.2 Å². The fourth-order valence-electron chi connectivity index (χ4n) is 2.80. The van der Waals surface area contributed by atoms with Crippen molar-refractivity contribution in [2.24, 2.45) is 0 Å². The summed E-state index contributed by atoms with van der Waals surface area (Å²) in [6.07, 6.45) is 2.06. The minimum atomic E-state index is -0.477. The summed E-state index contributed by atoms with van der Waals surface area (Å²) in [5.41, 5.74) is 1.94. The number of hydrogen-bond donors (Lipinski definition) is 1. The van der Waals surface area contributed by atoms with E-state index in [0.29, 0.717) is 6.61 Å². The number of hydrogen-bond acceptors (Lipinski definition) is 4. The monoisotopic (exact) mass is 331 g/mol. The predicted molar refractivity (Wildman–Crippen MR) is 99.6 cm³/mol. The summed E-state index contributed by atoms with van der Waals surface area (Å²) in [6.45, 7) is 13.3. The van der Waals surface area contributed by atoms with Gasteiger partial charge in [0.2, 0.25) is 0 Å². The molecular formula is C19H29N3O2. The predicted octanol–water partition coefficient (Wildman–Crippen LogP) is 2.75. The van der Waals surface area contributed by atoms with Crippen LogP contribution in [0.25, 0.3) is 0 Å². The molecule has 1 N–H and O–H groups in total. The van der Waals surface area contributed by atoms with Crippen molar-refractivity contribution < 1.29 is 9.53 Å². The third kappa shape index (κ3) is 5.08. The largest absolute Gasteiger partial charge is 0.368 e. The highest BCUT2D eigenvalue weighted by molar-refractivity contribution is 5.97. The molecule has 1 saturated heterocycles. The van der Waals surface area contributed by atoms with E-state index in [-0.39, 0.29) is 5.91 Å². The van der Waals surface area contributed by atoms with Crippen molar-refractivity contribution in [1.29, 1.82) is 0 Å². The lowest BCUT2D eigenvalue weighted by Gasteiger charge is -2.36. The Morgan fingerprint density at radius 3 is 2.71 bits per heavy atom. The molecule has 2 rings (SSSR count). The van der Waals surface area contributed by atoms with E-state index in [2.05, 4.69) is 34.7 Å². The molecule has 1 unspecified atom stereocenters. The van der Waals surface area contributed by atoms with Gasteiger partial charge in [0, 0.05) is 26.2 Å². The van der Waals surface area contributed by atoms with E-state index < -0.39 is 6.10 Å². The van der Waals surface area contributed by atoms with Crippen LogP contribution < -0.4 is 10.2 Å². The Labute approximate surface area is 145 Å². The molecule has 5 heteroatoms. The molecule has 0 saturated carbocycles. The molecule has 1 atom stereocenters. The van der Waals surface area contributed by atoms with Gasteiger partial charge in [-0.05, 0) is 32.0 Å². The van der Waals surface area contributed by atoms with Gasteiger partial charge in [0.15, 0.2) is 0 Å². The number of piperazine rings is 1. The molecule has 0 spiro atoms. The molecule has 24 heavy (non-hydrogen) atoms. The summed E-state index contributed by atoms with van der Waals surface area (Å²) in [4.78, 5) is 17.1. The fraction of sp³-hybridized carbons (Fsp3) is 0.526. The second-order valence-electron chi connectivity index (χ2n) is 6.02. The first-order valence-corrected chi connectivity index (χ1v) is 8.75. The Morgan fingerprint density at radius 1 is 1.33 bits per heavy atom. The van der Waals surface area contributed by atoms with E-state index in [9.17, 15) is 4.79 Å². The van der Waals surface area contributed by atoms with Crippen LogP contribution in [-0.2, 0) is 9.53 Å². The van der Waals surface area contributed by atoms with Crippen LogP contribution in [0.15, 0.2) is 36.9 Å². The number of benzene rings is 1. The average molecular weight is 331 g/mol. The standard InChI is InChI=1S/C19H29N3O2/c1-4-6-15-24-16(3)19(23)20-17-9-7-8-10-18(17)22-13-11-21(5-2)12-14-22/h4,7-10,16H,1,5-6,11-15H2,2-3H3,(H,20,23). The van der Waals surface area contributed by atoms with Crippen LogP contribution in [0.1, 0.15) is 20.3 Å². The summed E-state index contributed by atoms with van der Waals surface area (Å²) >= 11 is 0. The van der Waals surface area contributed by atoms with Gasteiger partial charge in [-0.15, -0.1) is 6.58 Å². The summed E-state index contributed by atoms with van der Waals surface area (Å²) in [7, 11) is 0. The molecule has 0 aromatic heterocycles. The molecule has 1 fully saturated rings. The van der Waals surface area contributed by atoms with E-state index in [4.69, 9.17) is 4.74 Å². The minimum absolute atomic E-state index is 0.112. The van der Waals surface area contributed by atoms with Crippen molar-refractivity contribution in [2.75, 3.05) is 49.5 Å². The Morgan fingerprint density at radius 2 is 2.04 bits per heavy atom. The van der Waals surface area contributed by atoms with Crippen molar-refractivity contribution in [3.05, 3.63) is 36.9 Å². The van der Waals surface area contributed by atoms with E-state index in [1.165, 1.54) is 0 Å². The van der Waals surface area contributed by atoms with Gasteiger partial charge in [0.1, 0.15) is 6.10 Å². The first kappa shape index (κ1) is 18.5. The first-order chi connectivity index (χ1) is 11.7. The van der Waals surface area contributed by atoms with Gasteiger partial charge in [-0.3, -0.25) is 4.79 Å². The highest BCUT2D eigenvalue weighted by Crippen LogP contribution is 2.26. The molecular weight excluding hydrogens is 302 g/mol. The zero-order valence-corrected chi connectivity index (χ0v) is 14.8. The van der Waals surface area contributed by atoms with E-state index in [0.717, 1.165) is 50.5 Å². The maximum Gasteiger partial charge on any atom is 0.253 e. The Hall–Kier alpha value is -1.85. The van der Waals surface area contributed by atoms with Gasteiger partial charge in [-0.2, -0.15) is 0 Å². The van der Waals surface area contributed by atoms with Gasteiger partial charge < -0.3 is 19.9 Å². The normalized spacial score (nSPS) is 16.7. The van der Waals surface area contributed by atoms with E-state index in [1.54, 1.807) is 13.0 Å². The molecule has 1 aliphatic heterocycles. The second kappa shape index (κ2) is 9.45. The Balaban J connectivity index is 1.98. The minimum Gasteiger partial charge on any atom is -0.368 e. The number of nitrogens with one attached hydrogen (secondary N) is 1. The van der Waals surface area contributed by atoms with Crippen molar-refractivity contribution in [3.63, 3.8) is 0 Å². The van der Waals surface area contributed by atoms with Gasteiger partial charge in [0.05, 0.1) is 18.0 Å². The van der Waals surface area contributed by atoms with Crippen LogP contribution in [0.4, 0.5) is 11.4 Å². The molecule has 1 aromatic carbocycles. The van der Waals surface area contributed by atoms with Crippen LogP contribution in [0.5, 0.6) is 0 Å². The van der Waals surface area contributed by atoms with Crippen molar-refractivity contribution >= 4 is 17.3 Å². The summed E-state index contributed by atoms with van der Waals surface area (Å²) in [5, 5.41) is 3.01. The highest BCUT2D eigenvalue weighted by atomic mass is 16.5. The zero-order valence-electron chi connectivity index (χ0n) is 14.8. The number of carbonyl (C=O) groups is 1. The lowest BCUT2D eigenvalue weighted by atomic mass is 10.2. The summed E-state index contributed by atoms with van der Waals surface area (Å²) in [5.74, 6) is -0.112. The topological polar surface area (TPSA) is 44.8 Å². The van der Waals surface area contributed by atoms with Gasteiger partial charge in [-0.1, -0.05) is 25.1 Å². The number of ether oxygens (including phenoxy) is 1. The smallest absolute Gasteiger partial charge is 0.253 e. The molecule has 0 bridgehead atoms. The van der Waals surface area contributed by atoms with Gasteiger partial charge in [0.25, 0.3) is 5.91 Å². The van der Waals surface area contributed by atoms with Crippen molar-refractivity contribution in [3.8, 4) is 0 Å². The number of para-hydroxylation sites is 2. The lowest BCUT2D eigenvalue weighted by Crippen LogP contribution is -2.46. The molecule has 5 nitrogen and oxygen atoms in total. The fourth-order valence-corrected chi connectivity index (χ4v) is 2.80. The van der Waals surface area contributed by atoms with Crippen molar-refractivity contribution in [1.82, 2.24) is 4.90 Å². The van der Waals surface area contributed by atoms with E-state index >= 15 is 0 Å². The second-order valence-corrected chi connectivity index (χ2v) is 6.02. The molecule has 0 aliphatic carbocycles. The number of anilines is 2. The SMILES string of the molecule is C=CCCOC(C)C(=O)Nc1ccccc1N1CCN(CC)CC1. The summed E-state index contributed by atoms with van der Waals surface area (Å²) < 4.78 is 5.53. The van der Waals surface area contributed by atoms with Crippen LogP contribution in [0.2, 0.25) is 0 Å². The molecule has 1 amide bonds. The molecule has 1 heterocycles. The quantitative estimate of drug-likeness (QED) is 0.588. The third-order valence-corrected chi connectivity index (χ3v) is 4.38. The average Bonchev–Trinajstić information content (AvgIpc) is 2.62. The first-order valence-electron chi connectivity index (χ1n) is 8.75. The number of nitrogens with zero attached hydrogens (tertiary/aromatic N) is 2. The molecule has 0 radical (unpaired) electrons. The maximum atomic E-state index is 12.4. The molecule has 132 valence electrons. The Bertz CT molecular complexity index is 539. The maximum absolute atomic E-state index is 12.4. The van der Waals surface area contributed by atoms with Crippen LogP contribution >= 0.6 is 0 Å². The third-order valence-electron chi connectivity index (χ3n) is 4.38. The van der Waals surface area contributed by atoms with Gasteiger partial charge in [-0.25, -0.2) is 0 Å². The zero-order chi connectivity index (χ0) is 17.4. The van der Waals surface area contributed by atoms with Crippen molar-refractivity contribution in [2.45, 2.75) is 26.4 Å². The summed E-state index contributed by atoms with van der Waals surface area (Å²) in [6, 6.07) is 7.99. The Kier molecular flexibility index (Phi) is 7.28.